The molecule has 3 aliphatic heterocycles. The van der Waals surface area contributed by atoms with Gasteiger partial charge in [-0.3, -0.25) is 19.7 Å². The number of fused-ring (bicyclic) bond motifs is 2. The van der Waals surface area contributed by atoms with E-state index in [1.54, 1.807) is 4.90 Å². The summed E-state index contributed by atoms with van der Waals surface area (Å²) in [6, 6.07) is 6.66. The maximum Gasteiger partial charge on any atom is 0.255 e. The quantitative estimate of drug-likeness (QED) is 0.657. The predicted molar refractivity (Wildman–Crippen MR) is 93.0 cm³/mol. The predicted octanol–water partition coefficient (Wildman–Crippen LogP) is -0.102. The Hall–Kier alpha value is -2.25. The van der Waals surface area contributed by atoms with Gasteiger partial charge < -0.3 is 15.5 Å². The Balaban J connectivity index is 1.28. The molecule has 4 atom stereocenters. The number of hydrogen-bond donors (Lipinski definition) is 3. The highest BCUT2D eigenvalue weighted by atomic mass is 16.2. The molecule has 1 saturated carbocycles. The van der Waals surface area contributed by atoms with E-state index in [9.17, 15) is 14.4 Å². The molecule has 3 N–H and O–H groups in total. The van der Waals surface area contributed by atoms with Crippen LogP contribution in [0.15, 0.2) is 18.2 Å². The fraction of sp³-hybridized carbons (Fsp3) is 0.526. The zero-order valence-corrected chi connectivity index (χ0v) is 14.5. The summed E-state index contributed by atoms with van der Waals surface area (Å²) in [6.45, 7) is 2.20. The summed E-state index contributed by atoms with van der Waals surface area (Å²) in [4.78, 5) is 37.9. The van der Waals surface area contributed by atoms with E-state index in [-0.39, 0.29) is 24.1 Å². The average Bonchev–Trinajstić information content (AvgIpc) is 3.19. The molecule has 5 rings (SSSR count). The van der Waals surface area contributed by atoms with Gasteiger partial charge in [0.1, 0.15) is 6.04 Å². The largest absolute Gasteiger partial charge is 0.322 e. The maximum absolute atomic E-state index is 12.8. The van der Waals surface area contributed by atoms with E-state index < -0.39 is 6.04 Å². The van der Waals surface area contributed by atoms with E-state index >= 15 is 0 Å². The molecule has 7 heteroatoms. The molecule has 4 aliphatic rings. The lowest BCUT2D eigenvalue weighted by Gasteiger charge is -2.29. The molecular formula is C19H22N4O3. The molecule has 26 heavy (non-hydrogen) atoms. The highest BCUT2D eigenvalue weighted by molar-refractivity contribution is 6.05. The number of imide groups is 1. The highest BCUT2D eigenvalue weighted by Gasteiger charge is 2.47. The molecule has 4 unspecified atom stereocenters. The van der Waals surface area contributed by atoms with Crippen LogP contribution in [0.5, 0.6) is 0 Å². The van der Waals surface area contributed by atoms with Crippen LogP contribution in [0, 0.1) is 5.92 Å². The summed E-state index contributed by atoms with van der Waals surface area (Å²) in [5.41, 5.74) is 2.72. The molecular weight excluding hydrogens is 332 g/mol. The zero-order chi connectivity index (χ0) is 17.8. The molecule has 2 saturated heterocycles. The number of rotatable bonds is 4. The lowest BCUT2D eigenvalue weighted by atomic mass is 10.0. The molecule has 1 aromatic carbocycles. The standard InChI is InChI=1S/C19H22N4O3/c24-17-4-3-16(18(25)22-17)23-9-11-2-1-10(5-12(11)19(23)26)7-20-15-8-21-14-6-13(14)15/h1-2,5,13-16,20-21H,3-4,6-9H2,(H,22,24,25). The molecule has 0 bridgehead atoms. The van der Waals surface area contributed by atoms with Crippen LogP contribution in [-0.4, -0.2) is 47.3 Å². The topological polar surface area (TPSA) is 90.5 Å². The number of hydrogen-bond acceptors (Lipinski definition) is 5. The average molecular weight is 354 g/mol. The van der Waals surface area contributed by atoms with E-state index in [2.05, 4.69) is 22.0 Å². The van der Waals surface area contributed by atoms with Crippen LogP contribution >= 0.6 is 0 Å². The van der Waals surface area contributed by atoms with Gasteiger partial charge in [0.15, 0.2) is 0 Å². The number of benzene rings is 1. The molecule has 0 radical (unpaired) electrons. The van der Waals surface area contributed by atoms with Crippen LogP contribution in [0.25, 0.3) is 0 Å². The van der Waals surface area contributed by atoms with Crippen molar-refractivity contribution in [3.63, 3.8) is 0 Å². The molecule has 136 valence electrons. The summed E-state index contributed by atoms with van der Waals surface area (Å²) >= 11 is 0. The van der Waals surface area contributed by atoms with Crippen LogP contribution in [0.1, 0.15) is 40.7 Å². The Morgan fingerprint density at radius 3 is 2.85 bits per heavy atom. The third kappa shape index (κ3) is 2.62. The van der Waals surface area contributed by atoms with Gasteiger partial charge in [0.2, 0.25) is 11.8 Å². The second-order valence-corrected chi connectivity index (χ2v) is 7.79. The summed E-state index contributed by atoms with van der Waals surface area (Å²) < 4.78 is 0. The third-order valence-corrected chi connectivity index (χ3v) is 6.12. The summed E-state index contributed by atoms with van der Waals surface area (Å²) in [5.74, 6) is 0.0234. The second-order valence-electron chi connectivity index (χ2n) is 7.79. The first-order valence-corrected chi connectivity index (χ1v) is 9.33. The number of piperidine rings is 2. The fourth-order valence-electron chi connectivity index (χ4n) is 4.51. The highest BCUT2D eigenvalue weighted by Crippen LogP contribution is 2.38. The number of nitrogens with one attached hydrogen (secondary N) is 3. The van der Waals surface area contributed by atoms with Crippen LogP contribution in [0.4, 0.5) is 0 Å². The van der Waals surface area contributed by atoms with Gasteiger partial charge in [0.05, 0.1) is 0 Å². The molecule has 0 aromatic heterocycles. The maximum atomic E-state index is 12.8. The van der Waals surface area contributed by atoms with Gasteiger partial charge in [0.25, 0.3) is 5.91 Å². The number of amides is 3. The van der Waals surface area contributed by atoms with Crippen molar-refractivity contribution >= 4 is 17.7 Å². The number of nitrogens with zero attached hydrogens (tertiary/aromatic N) is 1. The molecule has 7 nitrogen and oxygen atoms in total. The summed E-state index contributed by atoms with van der Waals surface area (Å²) in [5, 5.41) is 9.42. The molecule has 1 aromatic rings. The lowest BCUT2D eigenvalue weighted by molar-refractivity contribution is -0.136. The van der Waals surface area contributed by atoms with Crippen LogP contribution in [-0.2, 0) is 22.7 Å². The van der Waals surface area contributed by atoms with Gasteiger partial charge in [-0.05, 0) is 36.0 Å². The fourth-order valence-corrected chi connectivity index (χ4v) is 4.51. The number of carbonyl (C=O) groups is 3. The van der Waals surface area contributed by atoms with E-state index in [4.69, 9.17) is 0 Å². The summed E-state index contributed by atoms with van der Waals surface area (Å²) in [6.07, 6.45) is 1.95. The first kappa shape index (κ1) is 16.0. The van der Waals surface area contributed by atoms with Crippen molar-refractivity contribution in [2.75, 3.05) is 6.54 Å². The second kappa shape index (κ2) is 5.89. The van der Waals surface area contributed by atoms with Crippen molar-refractivity contribution in [1.82, 2.24) is 20.9 Å². The lowest BCUT2D eigenvalue weighted by Crippen LogP contribution is -2.52. The minimum absolute atomic E-state index is 0.110. The Morgan fingerprint density at radius 2 is 2.12 bits per heavy atom. The molecule has 1 aliphatic carbocycles. The van der Waals surface area contributed by atoms with Crippen molar-refractivity contribution in [3.05, 3.63) is 34.9 Å². The molecule has 3 amide bonds. The first-order valence-electron chi connectivity index (χ1n) is 9.33. The van der Waals surface area contributed by atoms with Crippen LogP contribution in [0.2, 0.25) is 0 Å². The van der Waals surface area contributed by atoms with Gasteiger partial charge in [-0.15, -0.1) is 0 Å². The van der Waals surface area contributed by atoms with Crippen molar-refractivity contribution in [2.45, 2.75) is 50.5 Å². The van der Waals surface area contributed by atoms with Gasteiger partial charge in [0, 0.05) is 43.7 Å². The minimum atomic E-state index is -0.550. The van der Waals surface area contributed by atoms with Crippen molar-refractivity contribution < 1.29 is 14.4 Å². The normalized spacial score (nSPS) is 32.5. The van der Waals surface area contributed by atoms with Crippen molar-refractivity contribution in [1.29, 1.82) is 0 Å². The summed E-state index contributed by atoms with van der Waals surface area (Å²) in [7, 11) is 0. The van der Waals surface area contributed by atoms with E-state index in [1.807, 2.05) is 12.1 Å². The van der Waals surface area contributed by atoms with Crippen molar-refractivity contribution in [2.24, 2.45) is 5.92 Å². The zero-order valence-electron chi connectivity index (χ0n) is 14.5. The Labute approximate surface area is 151 Å². The molecule has 3 heterocycles. The Kier molecular flexibility index (Phi) is 3.62. The molecule has 3 fully saturated rings. The van der Waals surface area contributed by atoms with E-state index in [1.165, 1.54) is 6.42 Å². The van der Waals surface area contributed by atoms with Crippen molar-refractivity contribution in [3.8, 4) is 0 Å². The third-order valence-electron chi connectivity index (χ3n) is 6.12. The van der Waals surface area contributed by atoms with Gasteiger partial charge >= 0.3 is 0 Å². The van der Waals surface area contributed by atoms with Gasteiger partial charge in [-0.1, -0.05) is 12.1 Å². The van der Waals surface area contributed by atoms with Gasteiger partial charge in [-0.2, -0.15) is 0 Å². The smallest absolute Gasteiger partial charge is 0.255 e. The molecule has 0 spiro atoms. The Morgan fingerprint density at radius 1 is 1.23 bits per heavy atom. The SMILES string of the molecule is O=C1CCC(N2Cc3ccc(CNC4CNC5CC45)cc3C2=O)C(=O)N1. The number of carbonyl (C=O) groups excluding carboxylic acids is 3. The first-order chi connectivity index (χ1) is 12.6. The van der Waals surface area contributed by atoms with E-state index in [0.717, 1.165) is 30.1 Å². The van der Waals surface area contributed by atoms with Gasteiger partial charge in [-0.25, -0.2) is 0 Å². The van der Waals surface area contributed by atoms with E-state index in [0.29, 0.717) is 30.6 Å². The minimum Gasteiger partial charge on any atom is -0.322 e. The Bertz CT molecular complexity index is 808. The van der Waals surface area contributed by atoms with Crippen LogP contribution in [0.3, 0.4) is 0 Å². The monoisotopic (exact) mass is 354 g/mol. The van der Waals surface area contributed by atoms with Crippen LogP contribution < -0.4 is 16.0 Å².